The Hall–Kier alpha value is -1.26. The Kier molecular flexibility index (Phi) is 6.82. The molecule has 100 valence electrons. The molecule has 0 saturated heterocycles. The minimum Gasteiger partial charge on any atom is -0.206 e. The predicted molar refractivity (Wildman–Crippen MR) is 87.7 cm³/mol. The monoisotopic (exact) mass is 494 g/mol. The van der Waals surface area contributed by atoms with E-state index in [0.29, 0.717) is 7.14 Å². The molecule has 0 aromatic heterocycles. The summed E-state index contributed by atoms with van der Waals surface area (Å²) in [5, 5.41) is 16.8. The van der Waals surface area contributed by atoms with Crippen molar-refractivity contribution in [3.63, 3.8) is 0 Å². The van der Waals surface area contributed by atoms with E-state index in [-0.39, 0.29) is 11.1 Å². The molecule has 0 radical (unpaired) electrons. The highest BCUT2D eigenvalue weighted by Crippen LogP contribution is 2.14. The third-order valence-electron chi connectivity index (χ3n) is 2.15. The Morgan fingerprint density at radius 2 is 1.10 bits per heavy atom. The molecule has 2 aromatic carbocycles. The van der Waals surface area contributed by atoms with Crippen LogP contribution in [-0.2, 0) is 0 Å². The van der Waals surface area contributed by atoms with Crippen LogP contribution < -0.4 is 0 Å². The molecule has 0 N–H and O–H groups in total. The van der Waals surface area contributed by atoms with Gasteiger partial charge in [0.1, 0.15) is 34.9 Å². The number of hydrogen-bond acceptors (Lipinski definition) is 2. The lowest BCUT2D eigenvalue weighted by Crippen LogP contribution is -1.85. The fourth-order valence-electron chi connectivity index (χ4n) is 1.21. The molecule has 0 aliphatic rings. The molecule has 0 spiro atoms. The van der Waals surface area contributed by atoms with Gasteiger partial charge in [-0.15, -0.1) is 0 Å². The van der Waals surface area contributed by atoms with Gasteiger partial charge in [0.15, 0.2) is 0 Å². The van der Waals surface area contributed by atoms with E-state index in [2.05, 4.69) is 0 Å². The smallest absolute Gasteiger partial charge is 0.142 e. The van der Waals surface area contributed by atoms with Gasteiger partial charge in [0.2, 0.25) is 0 Å². The van der Waals surface area contributed by atoms with Gasteiger partial charge in [0.25, 0.3) is 0 Å². The van der Waals surface area contributed by atoms with Gasteiger partial charge in [0, 0.05) is 7.14 Å². The third-order valence-corrected chi connectivity index (χ3v) is 3.95. The van der Waals surface area contributed by atoms with E-state index < -0.39 is 11.6 Å². The van der Waals surface area contributed by atoms with Gasteiger partial charge in [-0.05, 0) is 69.4 Å². The van der Waals surface area contributed by atoms with Crippen LogP contribution in [0.15, 0.2) is 36.4 Å². The van der Waals surface area contributed by atoms with Crippen LogP contribution in [0.5, 0.6) is 0 Å². The van der Waals surface area contributed by atoms with Crippen molar-refractivity contribution in [2.75, 3.05) is 0 Å². The van der Waals surface area contributed by atoms with Gasteiger partial charge in [-0.3, -0.25) is 0 Å². The second-order valence-corrected chi connectivity index (χ2v) is 5.74. The van der Waals surface area contributed by atoms with E-state index >= 15 is 0 Å². The normalized spacial score (nSPS) is 8.90. The van der Waals surface area contributed by atoms with Gasteiger partial charge in [-0.1, -0.05) is 12.1 Å². The first-order valence-electron chi connectivity index (χ1n) is 5.19. The molecular weight excluding hydrogens is 488 g/mol. The lowest BCUT2D eigenvalue weighted by Gasteiger charge is -1.93. The van der Waals surface area contributed by atoms with Crippen LogP contribution in [-0.4, -0.2) is 0 Å². The summed E-state index contributed by atoms with van der Waals surface area (Å²) in [6.07, 6.45) is 0. The summed E-state index contributed by atoms with van der Waals surface area (Å²) in [4.78, 5) is 0. The Morgan fingerprint density at radius 1 is 0.750 bits per heavy atom. The molecule has 0 saturated carbocycles. The summed E-state index contributed by atoms with van der Waals surface area (Å²) >= 11 is 3.85. The van der Waals surface area contributed by atoms with Crippen molar-refractivity contribution in [3.8, 4) is 12.1 Å². The average molecular weight is 494 g/mol. The summed E-state index contributed by atoms with van der Waals surface area (Å²) in [6.45, 7) is 0. The lowest BCUT2D eigenvalue weighted by molar-refractivity contribution is 0.622. The summed E-state index contributed by atoms with van der Waals surface area (Å²) in [6, 6.07) is 12.7. The third kappa shape index (κ3) is 4.39. The van der Waals surface area contributed by atoms with Crippen molar-refractivity contribution < 1.29 is 8.78 Å². The highest BCUT2D eigenvalue weighted by molar-refractivity contribution is 14.1. The second kappa shape index (κ2) is 8.12. The molecule has 2 rings (SSSR count). The lowest BCUT2D eigenvalue weighted by atomic mass is 10.2. The van der Waals surface area contributed by atoms with Crippen molar-refractivity contribution in [3.05, 3.63) is 66.3 Å². The quantitative estimate of drug-likeness (QED) is 0.503. The van der Waals surface area contributed by atoms with Crippen LogP contribution in [0.1, 0.15) is 11.1 Å². The topological polar surface area (TPSA) is 47.6 Å². The first kappa shape index (κ1) is 16.8. The first-order chi connectivity index (χ1) is 9.51. The Balaban J connectivity index is 0.000000200. The van der Waals surface area contributed by atoms with Crippen LogP contribution in [0.3, 0.4) is 0 Å². The van der Waals surface area contributed by atoms with Crippen molar-refractivity contribution in [2.45, 2.75) is 0 Å². The maximum atomic E-state index is 12.6. The number of nitriles is 2. The van der Waals surface area contributed by atoms with Gasteiger partial charge in [-0.2, -0.15) is 10.5 Å². The summed E-state index contributed by atoms with van der Waals surface area (Å²) < 4.78 is 26.6. The molecule has 2 aromatic rings. The Morgan fingerprint density at radius 3 is 1.30 bits per heavy atom. The molecule has 6 heteroatoms. The molecular formula is C14H6F2I2N2. The molecule has 0 fully saturated rings. The summed E-state index contributed by atoms with van der Waals surface area (Å²) in [5.74, 6) is -0.899. The maximum Gasteiger partial charge on any atom is 0.142 e. The van der Waals surface area contributed by atoms with Gasteiger partial charge < -0.3 is 0 Å². The highest BCUT2D eigenvalue weighted by atomic mass is 127. The highest BCUT2D eigenvalue weighted by Gasteiger charge is 2.03. The van der Waals surface area contributed by atoms with E-state index in [1.54, 1.807) is 36.4 Å². The number of hydrogen-bond donors (Lipinski definition) is 0. The first-order valence-corrected chi connectivity index (χ1v) is 7.35. The molecule has 0 amide bonds. The van der Waals surface area contributed by atoms with Gasteiger partial charge in [0.05, 0.1) is 0 Å². The van der Waals surface area contributed by atoms with E-state index in [1.807, 2.05) is 45.2 Å². The Bertz CT molecular complexity index is 601. The van der Waals surface area contributed by atoms with Crippen LogP contribution in [0, 0.1) is 41.4 Å². The molecule has 20 heavy (non-hydrogen) atoms. The SMILES string of the molecule is N#Cc1c(F)cccc1I.N#Cc1c(F)cccc1I. The molecule has 0 atom stereocenters. The number of rotatable bonds is 0. The van der Waals surface area contributed by atoms with E-state index in [1.165, 1.54) is 12.1 Å². The minimum atomic E-state index is -0.450. The number of benzene rings is 2. The zero-order valence-electron chi connectivity index (χ0n) is 9.87. The molecule has 2 nitrogen and oxygen atoms in total. The van der Waals surface area contributed by atoms with Crippen LogP contribution in [0.2, 0.25) is 0 Å². The molecule has 0 aliphatic carbocycles. The summed E-state index contributed by atoms with van der Waals surface area (Å²) in [7, 11) is 0. The number of halogens is 4. The van der Waals surface area contributed by atoms with Gasteiger partial charge in [-0.25, -0.2) is 8.78 Å². The standard InChI is InChI=1S/2C7H3FIN/c2*8-6-2-1-3-7(9)5(6)4-10/h2*1-3H. The number of nitrogens with zero attached hydrogens (tertiary/aromatic N) is 2. The zero-order chi connectivity index (χ0) is 15.1. The molecule has 0 unspecified atom stereocenters. The van der Waals surface area contributed by atoms with E-state index in [0.717, 1.165) is 0 Å². The van der Waals surface area contributed by atoms with Crippen molar-refractivity contribution in [1.29, 1.82) is 10.5 Å². The fraction of sp³-hybridized carbons (Fsp3) is 0. The van der Waals surface area contributed by atoms with Crippen molar-refractivity contribution in [1.82, 2.24) is 0 Å². The molecule has 0 bridgehead atoms. The largest absolute Gasteiger partial charge is 0.206 e. The average Bonchev–Trinajstić information content (AvgIpc) is 2.40. The molecule has 0 heterocycles. The van der Waals surface area contributed by atoms with E-state index in [4.69, 9.17) is 10.5 Å². The minimum absolute atomic E-state index is 0.128. The fourth-order valence-corrected chi connectivity index (χ4v) is 2.38. The van der Waals surface area contributed by atoms with E-state index in [9.17, 15) is 8.78 Å². The molecule has 0 aliphatic heterocycles. The van der Waals surface area contributed by atoms with Crippen LogP contribution >= 0.6 is 45.2 Å². The maximum absolute atomic E-state index is 12.6. The van der Waals surface area contributed by atoms with Crippen molar-refractivity contribution in [2.24, 2.45) is 0 Å². The Labute approximate surface area is 142 Å². The van der Waals surface area contributed by atoms with Crippen LogP contribution in [0.4, 0.5) is 8.78 Å². The van der Waals surface area contributed by atoms with Crippen molar-refractivity contribution >= 4 is 45.2 Å². The predicted octanol–water partition coefficient (Wildman–Crippen LogP) is 4.60. The van der Waals surface area contributed by atoms with Gasteiger partial charge >= 0.3 is 0 Å². The second-order valence-electron chi connectivity index (χ2n) is 3.42. The summed E-state index contributed by atoms with van der Waals surface area (Å²) in [5.41, 5.74) is 0.256. The van der Waals surface area contributed by atoms with Crippen LogP contribution in [0.25, 0.3) is 0 Å². The zero-order valence-corrected chi connectivity index (χ0v) is 14.2.